The van der Waals surface area contributed by atoms with Gasteiger partial charge in [-0.3, -0.25) is 9.59 Å². The molecule has 0 spiro atoms. The van der Waals surface area contributed by atoms with Crippen LogP contribution in [0.4, 0.5) is 17.6 Å². The van der Waals surface area contributed by atoms with Crippen molar-refractivity contribution in [2.75, 3.05) is 13.7 Å². The Hall–Kier alpha value is -1.90. The molecule has 0 saturated carbocycles. The van der Waals surface area contributed by atoms with Gasteiger partial charge in [0, 0.05) is 5.56 Å². The number of ether oxygens (including phenoxy) is 2. The van der Waals surface area contributed by atoms with Gasteiger partial charge in [-0.25, -0.2) is 4.39 Å². The number of Topliss-reactive ketones (excluding diaryl/α,β-unsaturated/α-hetero) is 1. The number of carbonyl (C=O) groups excluding carboxylic acids is 2. The van der Waals surface area contributed by atoms with Crippen molar-refractivity contribution in [1.82, 2.24) is 0 Å². The Labute approximate surface area is 163 Å². The predicted octanol–water partition coefficient (Wildman–Crippen LogP) is 4.89. The Morgan fingerprint density at radius 1 is 1.11 bits per heavy atom. The van der Waals surface area contributed by atoms with Crippen molar-refractivity contribution in [3.8, 4) is 5.75 Å². The molecule has 0 amide bonds. The molecule has 28 heavy (non-hydrogen) atoms. The minimum Gasteiger partial charge on any atom is -0.493 e. The van der Waals surface area contributed by atoms with Crippen molar-refractivity contribution in [3.63, 3.8) is 0 Å². The molecule has 158 valence electrons. The van der Waals surface area contributed by atoms with Gasteiger partial charge >= 0.3 is 12.1 Å². The zero-order valence-corrected chi connectivity index (χ0v) is 18.1. The second-order valence-corrected chi connectivity index (χ2v) is 13.2. The summed E-state index contributed by atoms with van der Waals surface area (Å²) in [5, 5.41) is -3.32. The molecule has 1 rings (SSSR count). The van der Waals surface area contributed by atoms with Crippen molar-refractivity contribution in [1.29, 1.82) is 0 Å². The fraction of sp³-hybridized carbons (Fsp3) is 0.579. The van der Waals surface area contributed by atoms with E-state index in [4.69, 9.17) is 9.47 Å². The smallest absolute Gasteiger partial charge is 0.409 e. The minimum atomic E-state index is -5.18. The van der Waals surface area contributed by atoms with Crippen LogP contribution in [0.2, 0.25) is 24.7 Å². The Morgan fingerprint density at radius 3 is 2.04 bits per heavy atom. The number of alkyl halides is 3. The van der Waals surface area contributed by atoms with Crippen LogP contribution in [0.25, 0.3) is 0 Å². The second kappa shape index (κ2) is 7.85. The molecule has 0 aliphatic carbocycles. The molecule has 0 saturated heterocycles. The van der Waals surface area contributed by atoms with Gasteiger partial charge in [-0.05, 0) is 26.8 Å². The molecule has 0 heterocycles. The molecule has 0 aliphatic rings. The SMILES string of the molecule is CCOC(=O)C(C(=O)C(C)(C)c1cccc(F)c1OC)(C(F)(F)F)[Si](C)(C)C. The highest BCUT2D eigenvalue weighted by Crippen LogP contribution is 2.57. The summed E-state index contributed by atoms with van der Waals surface area (Å²) in [5.74, 6) is -4.15. The lowest BCUT2D eigenvalue weighted by Crippen LogP contribution is -2.63. The predicted molar refractivity (Wildman–Crippen MR) is 99.7 cm³/mol. The average molecular weight is 422 g/mol. The van der Waals surface area contributed by atoms with E-state index in [-0.39, 0.29) is 17.9 Å². The molecule has 0 bridgehead atoms. The topological polar surface area (TPSA) is 52.6 Å². The molecule has 1 aromatic rings. The summed E-state index contributed by atoms with van der Waals surface area (Å²) in [7, 11) is -2.45. The molecule has 0 radical (unpaired) electrons. The van der Waals surface area contributed by atoms with Gasteiger partial charge in [0.2, 0.25) is 5.04 Å². The first kappa shape index (κ1) is 24.1. The maximum Gasteiger partial charge on any atom is 0.409 e. The van der Waals surface area contributed by atoms with Crippen LogP contribution >= 0.6 is 0 Å². The normalized spacial score (nSPS) is 15.0. The summed E-state index contributed by atoms with van der Waals surface area (Å²) in [6.07, 6.45) is -5.18. The Morgan fingerprint density at radius 2 is 1.64 bits per heavy atom. The highest BCUT2D eigenvalue weighted by atomic mass is 28.3. The van der Waals surface area contributed by atoms with Crippen molar-refractivity contribution in [3.05, 3.63) is 29.6 Å². The van der Waals surface area contributed by atoms with Crippen LogP contribution in [-0.2, 0) is 19.7 Å². The maximum absolute atomic E-state index is 14.4. The molecule has 0 fully saturated rings. The largest absolute Gasteiger partial charge is 0.493 e. The fourth-order valence-corrected chi connectivity index (χ4v) is 5.98. The number of benzene rings is 1. The molecular formula is C19H26F4O4Si. The highest BCUT2D eigenvalue weighted by molar-refractivity contribution is 6.86. The third-order valence-corrected chi connectivity index (χ3v) is 7.85. The maximum atomic E-state index is 14.4. The molecule has 4 nitrogen and oxygen atoms in total. The lowest BCUT2D eigenvalue weighted by atomic mass is 9.74. The molecule has 0 aromatic heterocycles. The lowest BCUT2D eigenvalue weighted by molar-refractivity contribution is -0.196. The summed E-state index contributed by atoms with van der Waals surface area (Å²) in [5.41, 5.74) is -1.95. The van der Waals surface area contributed by atoms with Crippen molar-refractivity contribution in [2.24, 2.45) is 0 Å². The van der Waals surface area contributed by atoms with Crippen LogP contribution in [0.15, 0.2) is 18.2 Å². The Bertz CT molecular complexity index is 737. The summed E-state index contributed by atoms with van der Waals surface area (Å²) in [6, 6.07) is 3.66. The molecule has 0 aliphatic heterocycles. The number of rotatable bonds is 7. The van der Waals surface area contributed by atoms with Gasteiger partial charge in [-0.15, -0.1) is 0 Å². The summed E-state index contributed by atoms with van der Waals surface area (Å²) in [6.45, 7) is 7.38. The summed E-state index contributed by atoms with van der Waals surface area (Å²) >= 11 is 0. The zero-order chi connectivity index (χ0) is 22.1. The first-order valence-corrected chi connectivity index (χ1v) is 12.2. The number of hydrogen-bond acceptors (Lipinski definition) is 4. The Kier molecular flexibility index (Phi) is 6.76. The summed E-state index contributed by atoms with van der Waals surface area (Å²) < 4.78 is 67.1. The van der Waals surface area contributed by atoms with E-state index in [1.165, 1.54) is 52.5 Å². The van der Waals surface area contributed by atoms with Crippen LogP contribution < -0.4 is 4.74 Å². The number of para-hydroxylation sites is 1. The molecule has 1 unspecified atom stereocenters. The average Bonchev–Trinajstić information content (AvgIpc) is 2.52. The van der Waals surface area contributed by atoms with Crippen molar-refractivity contribution < 1.29 is 36.6 Å². The van der Waals surface area contributed by atoms with E-state index in [0.29, 0.717) is 0 Å². The number of hydrogen-bond donors (Lipinski definition) is 0. The third-order valence-electron chi connectivity index (χ3n) is 4.88. The Balaban J connectivity index is 3.88. The van der Waals surface area contributed by atoms with Crippen LogP contribution in [0.1, 0.15) is 26.3 Å². The first-order valence-electron chi connectivity index (χ1n) is 8.72. The number of halogens is 4. The van der Waals surface area contributed by atoms with Gasteiger partial charge in [0.25, 0.3) is 0 Å². The van der Waals surface area contributed by atoms with Crippen LogP contribution in [0, 0.1) is 5.82 Å². The van der Waals surface area contributed by atoms with Crippen LogP contribution in [0.5, 0.6) is 5.75 Å². The summed E-state index contributed by atoms with van der Waals surface area (Å²) in [4.78, 5) is 26.2. The van der Waals surface area contributed by atoms with E-state index in [0.717, 1.165) is 13.2 Å². The van der Waals surface area contributed by atoms with Gasteiger partial charge in [-0.1, -0.05) is 31.8 Å². The molecule has 1 aromatic carbocycles. The molecule has 9 heteroatoms. The first-order chi connectivity index (χ1) is 12.6. The quantitative estimate of drug-likeness (QED) is 0.272. The highest BCUT2D eigenvalue weighted by Gasteiger charge is 2.74. The van der Waals surface area contributed by atoms with Crippen LogP contribution in [0.3, 0.4) is 0 Å². The van der Waals surface area contributed by atoms with Gasteiger partial charge < -0.3 is 9.47 Å². The molecular weight excluding hydrogens is 396 g/mol. The number of methoxy groups -OCH3 is 1. The van der Waals surface area contributed by atoms with Crippen LogP contribution in [-0.4, -0.2) is 39.7 Å². The number of esters is 1. The number of carbonyl (C=O) groups is 2. The zero-order valence-electron chi connectivity index (χ0n) is 17.1. The van der Waals surface area contributed by atoms with E-state index in [1.54, 1.807) is 0 Å². The minimum absolute atomic E-state index is 0.0730. The van der Waals surface area contributed by atoms with Crippen molar-refractivity contribution in [2.45, 2.75) is 57.0 Å². The monoisotopic (exact) mass is 422 g/mol. The number of ketones is 1. The van der Waals surface area contributed by atoms with Gasteiger partial charge in [0.05, 0.1) is 27.2 Å². The van der Waals surface area contributed by atoms with E-state index in [2.05, 4.69) is 0 Å². The van der Waals surface area contributed by atoms with Crippen molar-refractivity contribution >= 4 is 19.8 Å². The third kappa shape index (κ3) is 3.68. The standard InChI is InChI=1S/C19H26F4O4Si/c1-8-27-16(25)18(19(21,22)23,28(5,6)7)15(24)17(2,3)12-10-9-11-13(20)14(12)26-4/h9-11H,8H2,1-7H3. The van der Waals surface area contributed by atoms with E-state index in [1.807, 2.05) is 0 Å². The molecule has 0 N–H and O–H groups in total. The second-order valence-electron chi connectivity index (χ2n) is 7.99. The van der Waals surface area contributed by atoms with Gasteiger partial charge in [0.1, 0.15) is 0 Å². The van der Waals surface area contributed by atoms with Gasteiger partial charge in [-0.2, -0.15) is 13.2 Å². The van der Waals surface area contributed by atoms with E-state index >= 15 is 0 Å². The lowest BCUT2D eigenvalue weighted by Gasteiger charge is -2.44. The van der Waals surface area contributed by atoms with Gasteiger partial charge in [0.15, 0.2) is 17.3 Å². The fourth-order valence-electron chi connectivity index (χ4n) is 3.45. The van der Waals surface area contributed by atoms with E-state index < -0.39 is 42.3 Å². The molecule has 1 atom stereocenters. The van der Waals surface area contributed by atoms with E-state index in [9.17, 15) is 27.2 Å².